The van der Waals surface area contributed by atoms with Crippen LogP contribution in [0.1, 0.15) is 51.3 Å². The molecule has 0 radical (unpaired) electrons. The number of aromatic nitrogens is 3. The van der Waals surface area contributed by atoms with E-state index in [4.69, 9.17) is 16.7 Å². The zero-order valence-corrected chi connectivity index (χ0v) is 18.8. The van der Waals surface area contributed by atoms with Crippen molar-refractivity contribution < 1.29 is 14.7 Å². The quantitative estimate of drug-likeness (QED) is 0.534. The first-order valence-electron chi connectivity index (χ1n) is 10.2. The van der Waals surface area contributed by atoms with Gasteiger partial charge in [-0.15, -0.1) is 11.3 Å². The third kappa shape index (κ3) is 4.40. The molecule has 3 aromatic rings. The highest BCUT2D eigenvalue weighted by Gasteiger charge is 2.25. The van der Waals surface area contributed by atoms with E-state index in [0.29, 0.717) is 22.1 Å². The van der Waals surface area contributed by atoms with E-state index in [1.807, 2.05) is 24.3 Å². The number of nitrogens with one attached hydrogen (secondary N) is 2. The summed E-state index contributed by atoms with van der Waals surface area (Å²) in [6.45, 7) is 3.77. The van der Waals surface area contributed by atoms with Crippen LogP contribution in [0.3, 0.4) is 0 Å². The van der Waals surface area contributed by atoms with Gasteiger partial charge in [-0.3, -0.25) is 14.0 Å². The van der Waals surface area contributed by atoms with Crippen LogP contribution in [0.2, 0.25) is 4.34 Å². The molecule has 11 heteroatoms. The molecule has 0 bridgehead atoms. The standard InChI is InChI=1S/C20H24ClN5O4S/c1-10(2)18-24-25(19(28)14-7-15-13(26(14)18)8-16(21)31-15)9-17(27)22-11-4-3-5-12(6-11)23-20(29)30/h7-8,10-12,23H,3-6,9H2,1-2H3,(H,22,27)(H,29,30)/t11-,12+/m0/s1. The molecule has 0 spiro atoms. The minimum Gasteiger partial charge on any atom is -0.465 e. The third-order valence-corrected chi connectivity index (χ3v) is 6.74. The second-order valence-corrected chi connectivity index (χ2v) is 9.93. The SMILES string of the molecule is CC(C)c1nn(CC(=O)N[C@H]2CCC[C@@H](NC(=O)O)C2)c(=O)c2cc3sc(Cl)cc3n12. The zero-order chi connectivity index (χ0) is 22.3. The van der Waals surface area contributed by atoms with Gasteiger partial charge in [-0.2, -0.15) is 5.10 Å². The van der Waals surface area contributed by atoms with E-state index in [9.17, 15) is 14.4 Å². The first kappa shape index (κ1) is 21.6. The van der Waals surface area contributed by atoms with E-state index in [1.165, 1.54) is 16.0 Å². The average Bonchev–Trinajstić information content (AvgIpc) is 3.20. The average molecular weight is 466 g/mol. The van der Waals surface area contributed by atoms with E-state index in [0.717, 1.165) is 29.5 Å². The Morgan fingerprint density at radius 1 is 1.26 bits per heavy atom. The Hall–Kier alpha value is -2.59. The van der Waals surface area contributed by atoms with E-state index in [1.54, 1.807) is 6.07 Å². The number of carboxylic acid groups (broad SMARTS) is 1. The summed E-state index contributed by atoms with van der Waals surface area (Å²) in [4.78, 5) is 36.6. The van der Waals surface area contributed by atoms with Gasteiger partial charge in [-0.25, -0.2) is 9.48 Å². The summed E-state index contributed by atoms with van der Waals surface area (Å²) in [7, 11) is 0. The number of thiophene rings is 1. The number of amides is 2. The van der Waals surface area contributed by atoms with Gasteiger partial charge in [0.25, 0.3) is 5.56 Å². The number of rotatable bonds is 5. The van der Waals surface area contributed by atoms with Crippen molar-refractivity contribution in [1.82, 2.24) is 24.8 Å². The van der Waals surface area contributed by atoms with Crippen molar-refractivity contribution in [3.63, 3.8) is 0 Å². The van der Waals surface area contributed by atoms with Crippen LogP contribution in [0, 0.1) is 0 Å². The predicted molar refractivity (Wildman–Crippen MR) is 119 cm³/mol. The number of carbonyl (C=O) groups excluding carboxylic acids is 1. The van der Waals surface area contributed by atoms with E-state index >= 15 is 0 Å². The summed E-state index contributed by atoms with van der Waals surface area (Å²) < 4.78 is 4.57. The topological polar surface area (TPSA) is 118 Å². The van der Waals surface area contributed by atoms with Gasteiger partial charge >= 0.3 is 6.09 Å². The molecule has 3 heterocycles. The first-order valence-corrected chi connectivity index (χ1v) is 11.4. The van der Waals surface area contributed by atoms with Crippen LogP contribution >= 0.6 is 22.9 Å². The Bertz CT molecular complexity index is 1210. The fraction of sp³-hybridized carbons (Fsp3) is 0.500. The number of nitrogens with zero attached hydrogens (tertiary/aromatic N) is 3. The van der Waals surface area contributed by atoms with Gasteiger partial charge < -0.3 is 15.7 Å². The molecular formula is C20H24ClN5O4S. The summed E-state index contributed by atoms with van der Waals surface area (Å²) in [6.07, 6.45) is 1.82. The highest BCUT2D eigenvalue weighted by atomic mass is 35.5. The molecule has 4 rings (SSSR count). The molecule has 166 valence electrons. The number of carbonyl (C=O) groups is 2. The summed E-state index contributed by atoms with van der Waals surface area (Å²) >= 11 is 7.53. The lowest BCUT2D eigenvalue weighted by atomic mass is 9.91. The minimum absolute atomic E-state index is 0.0212. The molecule has 1 saturated carbocycles. The lowest BCUT2D eigenvalue weighted by molar-refractivity contribution is -0.122. The van der Waals surface area contributed by atoms with Gasteiger partial charge in [0.05, 0.1) is 14.6 Å². The summed E-state index contributed by atoms with van der Waals surface area (Å²) in [6, 6.07) is 3.30. The molecule has 0 saturated heterocycles. The second kappa shape index (κ2) is 8.51. The highest BCUT2D eigenvalue weighted by Crippen LogP contribution is 2.32. The van der Waals surface area contributed by atoms with Crippen molar-refractivity contribution in [2.75, 3.05) is 0 Å². The molecule has 1 fully saturated rings. The Morgan fingerprint density at radius 3 is 2.65 bits per heavy atom. The smallest absolute Gasteiger partial charge is 0.404 e. The normalized spacial score (nSPS) is 19.2. The maximum Gasteiger partial charge on any atom is 0.404 e. The Labute approximate surface area is 187 Å². The first-order chi connectivity index (χ1) is 14.7. The molecule has 2 amide bonds. The molecule has 1 aliphatic rings. The van der Waals surface area contributed by atoms with Crippen LogP contribution in [-0.2, 0) is 11.3 Å². The van der Waals surface area contributed by atoms with Crippen molar-refractivity contribution in [2.45, 2.75) is 64.1 Å². The fourth-order valence-corrected chi connectivity index (χ4v) is 5.39. The van der Waals surface area contributed by atoms with Gasteiger partial charge in [0.15, 0.2) is 0 Å². The van der Waals surface area contributed by atoms with Gasteiger partial charge in [-0.05, 0) is 37.8 Å². The molecule has 31 heavy (non-hydrogen) atoms. The molecule has 2 atom stereocenters. The van der Waals surface area contributed by atoms with Crippen LogP contribution in [-0.4, -0.2) is 43.4 Å². The Morgan fingerprint density at radius 2 is 1.97 bits per heavy atom. The minimum atomic E-state index is -1.06. The van der Waals surface area contributed by atoms with E-state index < -0.39 is 6.09 Å². The van der Waals surface area contributed by atoms with Crippen molar-refractivity contribution in [2.24, 2.45) is 0 Å². The van der Waals surface area contributed by atoms with Crippen molar-refractivity contribution in [3.8, 4) is 0 Å². The van der Waals surface area contributed by atoms with Crippen LogP contribution < -0.4 is 16.2 Å². The molecule has 0 aliphatic heterocycles. The number of hydrogen-bond acceptors (Lipinski definition) is 5. The number of hydrogen-bond donors (Lipinski definition) is 3. The molecule has 3 aromatic heterocycles. The summed E-state index contributed by atoms with van der Waals surface area (Å²) in [5.41, 5.74) is 0.968. The Kier molecular flexibility index (Phi) is 5.94. The molecule has 9 nitrogen and oxygen atoms in total. The third-order valence-electron chi connectivity index (χ3n) is 5.54. The lowest BCUT2D eigenvalue weighted by Gasteiger charge is -2.29. The van der Waals surface area contributed by atoms with Crippen molar-refractivity contribution >= 4 is 50.7 Å². The monoisotopic (exact) mass is 465 g/mol. The largest absolute Gasteiger partial charge is 0.465 e. The van der Waals surface area contributed by atoms with Crippen molar-refractivity contribution in [3.05, 3.63) is 32.6 Å². The maximum atomic E-state index is 13.1. The second-order valence-electron chi connectivity index (χ2n) is 8.22. The lowest BCUT2D eigenvalue weighted by Crippen LogP contribution is -2.46. The maximum absolute atomic E-state index is 13.1. The van der Waals surface area contributed by atoms with Gasteiger partial charge in [0, 0.05) is 18.0 Å². The van der Waals surface area contributed by atoms with Gasteiger partial charge in [-0.1, -0.05) is 25.4 Å². The van der Waals surface area contributed by atoms with Crippen LogP contribution in [0.25, 0.3) is 15.7 Å². The highest BCUT2D eigenvalue weighted by molar-refractivity contribution is 7.22. The molecule has 0 aromatic carbocycles. The fourth-order valence-electron chi connectivity index (χ4n) is 4.23. The van der Waals surface area contributed by atoms with Gasteiger partial charge in [0.1, 0.15) is 17.9 Å². The van der Waals surface area contributed by atoms with Gasteiger partial charge in [0.2, 0.25) is 5.91 Å². The molecule has 1 aliphatic carbocycles. The van der Waals surface area contributed by atoms with Crippen LogP contribution in [0.5, 0.6) is 0 Å². The molecule has 0 unspecified atom stereocenters. The predicted octanol–water partition coefficient (Wildman–Crippen LogP) is 3.18. The summed E-state index contributed by atoms with van der Waals surface area (Å²) in [5.74, 6) is 0.384. The van der Waals surface area contributed by atoms with E-state index in [-0.39, 0.29) is 36.0 Å². The number of halogens is 1. The molecular weight excluding hydrogens is 442 g/mol. The molecule has 3 N–H and O–H groups in total. The van der Waals surface area contributed by atoms with Crippen LogP contribution in [0.15, 0.2) is 16.9 Å². The van der Waals surface area contributed by atoms with E-state index in [2.05, 4.69) is 15.7 Å². The van der Waals surface area contributed by atoms with Crippen LogP contribution in [0.4, 0.5) is 4.79 Å². The number of fused-ring (bicyclic) bond motifs is 3. The Balaban J connectivity index is 1.58. The zero-order valence-electron chi connectivity index (χ0n) is 17.2. The van der Waals surface area contributed by atoms with Crippen molar-refractivity contribution in [1.29, 1.82) is 0 Å². The summed E-state index contributed by atoms with van der Waals surface area (Å²) in [5, 5.41) is 18.8.